The topological polar surface area (TPSA) is 87.2 Å². The molecular formula is C29H40N2O5. The van der Waals surface area contributed by atoms with E-state index in [1.165, 1.54) is 0 Å². The van der Waals surface area contributed by atoms with E-state index in [9.17, 15) is 19.5 Å². The lowest BCUT2D eigenvalue weighted by Gasteiger charge is -2.30. The van der Waals surface area contributed by atoms with Gasteiger partial charge in [0, 0.05) is 19.5 Å². The summed E-state index contributed by atoms with van der Waals surface area (Å²) in [5, 5.41) is 9.57. The standard InChI is InChI=1S/C29H40N2O5/c1-3-10-23(19-27(33)30-16-8-14-25(30)20-32)28(34)31-17-9-15-26(31)21-36-29(35)24(11-4-2)18-22-12-6-5-7-13-22/h3-7,12-13,23-26,32H,1-2,8-11,14-21H2/t23-,24-,25-,26-/m0/s1. The van der Waals surface area contributed by atoms with Crippen LogP contribution >= 0.6 is 0 Å². The zero-order valence-electron chi connectivity index (χ0n) is 21.2. The summed E-state index contributed by atoms with van der Waals surface area (Å²) in [6.07, 6.45) is 8.28. The van der Waals surface area contributed by atoms with Crippen LogP contribution in [-0.2, 0) is 25.5 Å². The second-order valence-electron chi connectivity index (χ2n) is 9.86. The molecule has 0 saturated carbocycles. The highest BCUT2D eigenvalue weighted by Gasteiger charge is 2.36. The molecule has 2 amide bonds. The van der Waals surface area contributed by atoms with Gasteiger partial charge in [-0.15, -0.1) is 13.2 Å². The van der Waals surface area contributed by atoms with Crippen LogP contribution in [0.5, 0.6) is 0 Å². The molecule has 7 heteroatoms. The second-order valence-corrected chi connectivity index (χ2v) is 9.86. The predicted molar refractivity (Wildman–Crippen MR) is 139 cm³/mol. The van der Waals surface area contributed by atoms with Crippen LogP contribution in [0.3, 0.4) is 0 Å². The van der Waals surface area contributed by atoms with E-state index in [2.05, 4.69) is 13.2 Å². The zero-order chi connectivity index (χ0) is 25.9. The molecule has 2 aliphatic rings. The Hall–Kier alpha value is -2.93. The first-order chi connectivity index (χ1) is 17.5. The van der Waals surface area contributed by atoms with E-state index in [-0.39, 0.29) is 55.4 Å². The van der Waals surface area contributed by atoms with E-state index in [1.54, 1.807) is 22.0 Å². The molecule has 2 heterocycles. The molecule has 0 bridgehead atoms. The minimum Gasteiger partial charge on any atom is -0.463 e. The van der Waals surface area contributed by atoms with Crippen molar-refractivity contribution in [2.75, 3.05) is 26.3 Å². The number of carbonyl (C=O) groups excluding carboxylic acids is 3. The maximum Gasteiger partial charge on any atom is 0.309 e. The van der Waals surface area contributed by atoms with Crippen molar-refractivity contribution in [1.29, 1.82) is 0 Å². The van der Waals surface area contributed by atoms with Crippen molar-refractivity contribution in [1.82, 2.24) is 9.80 Å². The third-order valence-electron chi connectivity index (χ3n) is 7.32. The quantitative estimate of drug-likeness (QED) is 0.334. The fourth-order valence-electron chi connectivity index (χ4n) is 5.35. The molecule has 4 atom stereocenters. The Kier molecular flexibility index (Phi) is 10.7. The summed E-state index contributed by atoms with van der Waals surface area (Å²) in [7, 11) is 0. The van der Waals surface area contributed by atoms with Gasteiger partial charge < -0.3 is 19.6 Å². The van der Waals surface area contributed by atoms with E-state index >= 15 is 0 Å². The van der Waals surface area contributed by atoms with Crippen LogP contribution in [0.15, 0.2) is 55.6 Å². The minimum atomic E-state index is -0.502. The lowest BCUT2D eigenvalue weighted by molar-refractivity contribution is -0.152. The zero-order valence-corrected chi connectivity index (χ0v) is 21.2. The molecule has 3 rings (SSSR count). The number of likely N-dealkylation sites (tertiary alicyclic amines) is 2. The summed E-state index contributed by atoms with van der Waals surface area (Å²) in [5.41, 5.74) is 1.07. The van der Waals surface area contributed by atoms with Crippen molar-refractivity contribution in [3.63, 3.8) is 0 Å². The van der Waals surface area contributed by atoms with Crippen molar-refractivity contribution >= 4 is 17.8 Å². The largest absolute Gasteiger partial charge is 0.463 e. The van der Waals surface area contributed by atoms with Crippen LogP contribution in [-0.4, -0.2) is 71.1 Å². The number of aliphatic hydroxyl groups excluding tert-OH is 1. The van der Waals surface area contributed by atoms with Gasteiger partial charge in [0.1, 0.15) is 6.61 Å². The summed E-state index contributed by atoms with van der Waals surface area (Å²) in [4.78, 5) is 42.8. The highest BCUT2D eigenvalue weighted by atomic mass is 16.5. The second kappa shape index (κ2) is 14.0. The number of aliphatic hydroxyl groups is 1. The van der Waals surface area contributed by atoms with Gasteiger partial charge in [-0.1, -0.05) is 42.5 Å². The average molecular weight is 497 g/mol. The van der Waals surface area contributed by atoms with E-state index in [4.69, 9.17) is 4.74 Å². The fourth-order valence-corrected chi connectivity index (χ4v) is 5.35. The molecule has 2 saturated heterocycles. The monoisotopic (exact) mass is 496 g/mol. The van der Waals surface area contributed by atoms with Crippen LogP contribution in [0.1, 0.15) is 50.5 Å². The minimum absolute atomic E-state index is 0.0531. The molecule has 1 aromatic carbocycles. The maximum atomic E-state index is 13.5. The van der Waals surface area contributed by atoms with Crippen LogP contribution < -0.4 is 0 Å². The Morgan fingerprint density at radius 1 is 0.972 bits per heavy atom. The molecule has 2 aliphatic heterocycles. The number of hydrogen-bond donors (Lipinski definition) is 1. The van der Waals surface area contributed by atoms with Crippen molar-refractivity contribution in [3.8, 4) is 0 Å². The molecule has 0 unspecified atom stereocenters. The highest BCUT2D eigenvalue weighted by Crippen LogP contribution is 2.26. The average Bonchev–Trinajstić information content (AvgIpc) is 3.56. The molecule has 1 N–H and O–H groups in total. The molecule has 2 fully saturated rings. The number of nitrogens with zero attached hydrogens (tertiary/aromatic N) is 2. The smallest absolute Gasteiger partial charge is 0.309 e. The Morgan fingerprint density at radius 2 is 1.61 bits per heavy atom. The molecule has 0 radical (unpaired) electrons. The molecule has 0 aromatic heterocycles. The molecular weight excluding hydrogens is 456 g/mol. The van der Waals surface area contributed by atoms with Gasteiger partial charge in [0.2, 0.25) is 11.8 Å². The van der Waals surface area contributed by atoms with Crippen molar-refractivity contribution in [2.45, 2.75) is 63.5 Å². The lowest BCUT2D eigenvalue weighted by Crippen LogP contribution is -2.45. The van der Waals surface area contributed by atoms with E-state index in [0.717, 1.165) is 31.2 Å². The first kappa shape index (κ1) is 27.7. The number of carbonyl (C=O) groups is 3. The number of esters is 1. The Labute approximate surface area is 214 Å². The molecule has 7 nitrogen and oxygen atoms in total. The highest BCUT2D eigenvalue weighted by molar-refractivity contribution is 5.86. The van der Waals surface area contributed by atoms with Gasteiger partial charge in [0.05, 0.1) is 30.5 Å². The van der Waals surface area contributed by atoms with Crippen molar-refractivity contribution in [2.24, 2.45) is 11.8 Å². The predicted octanol–water partition coefficient (Wildman–Crippen LogP) is 3.52. The van der Waals surface area contributed by atoms with Gasteiger partial charge in [-0.25, -0.2) is 0 Å². The van der Waals surface area contributed by atoms with Crippen LogP contribution in [0.4, 0.5) is 0 Å². The SMILES string of the molecule is C=CC[C@@H](Cc1ccccc1)C(=O)OC[C@@H]1CCCN1C(=O)[C@@H](CC=C)CC(=O)N1CCC[C@H]1CO. The number of amides is 2. The molecule has 0 aliphatic carbocycles. The number of rotatable bonds is 13. The van der Waals surface area contributed by atoms with Gasteiger partial charge in [0.25, 0.3) is 0 Å². The van der Waals surface area contributed by atoms with Crippen LogP contribution in [0.25, 0.3) is 0 Å². The van der Waals surface area contributed by atoms with Crippen molar-refractivity contribution in [3.05, 3.63) is 61.2 Å². The third-order valence-corrected chi connectivity index (χ3v) is 7.32. The van der Waals surface area contributed by atoms with Gasteiger partial charge >= 0.3 is 5.97 Å². The number of ether oxygens (including phenoxy) is 1. The summed E-state index contributed by atoms with van der Waals surface area (Å²) >= 11 is 0. The lowest BCUT2D eigenvalue weighted by atomic mass is 9.96. The summed E-state index contributed by atoms with van der Waals surface area (Å²) in [6.45, 7) is 8.88. The van der Waals surface area contributed by atoms with Gasteiger partial charge in [-0.3, -0.25) is 14.4 Å². The molecule has 36 heavy (non-hydrogen) atoms. The maximum absolute atomic E-state index is 13.5. The first-order valence-electron chi connectivity index (χ1n) is 13.1. The summed E-state index contributed by atoms with van der Waals surface area (Å²) < 4.78 is 5.72. The normalized spacial score (nSPS) is 21.1. The van der Waals surface area contributed by atoms with Crippen LogP contribution in [0.2, 0.25) is 0 Å². The molecule has 1 aromatic rings. The Bertz CT molecular complexity index is 902. The Morgan fingerprint density at radius 3 is 2.28 bits per heavy atom. The van der Waals surface area contributed by atoms with Gasteiger partial charge in [-0.05, 0) is 50.5 Å². The third kappa shape index (κ3) is 7.29. The summed E-state index contributed by atoms with van der Waals surface area (Å²) in [5.74, 6) is -1.28. The molecule has 0 spiro atoms. The fraction of sp³-hybridized carbons (Fsp3) is 0.552. The van der Waals surface area contributed by atoms with E-state index < -0.39 is 5.92 Å². The van der Waals surface area contributed by atoms with E-state index in [1.807, 2.05) is 30.3 Å². The summed E-state index contributed by atoms with van der Waals surface area (Å²) in [6, 6.07) is 9.48. The number of hydrogen-bond acceptors (Lipinski definition) is 5. The van der Waals surface area contributed by atoms with Gasteiger partial charge in [-0.2, -0.15) is 0 Å². The van der Waals surface area contributed by atoms with Crippen LogP contribution in [0, 0.1) is 11.8 Å². The van der Waals surface area contributed by atoms with Crippen molar-refractivity contribution < 1.29 is 24.2 Å². The Balaban J connectivity index is 1.59. The molecule has 196 valence electrons. The van der Waals surface area contributed by atoms with Gasteiger partial charge in [0.15, 0.2) is 0 Å². The number of allylic oxidation sites excluding steroid dienone is 2. The first-order valence-corrected chi connectivity index (χ1v) is 13.1. The van der Waals surface area contributed by atoms with E-state index in [0.29, 0.717) is 32.4 Å². The number of benzene rings is 1.